The summed E-state index contributed by atoms with van der Waals surface area (Å²) in [5.74, 6) is -0.315. The van der Waals surface area contributed by atoms with Crippen molar-refractivity contribution in [3.63, 3.8) is 0 Å². The van der Waals surface area contributed by atoms with E-state index >= 15 is 0 Å². The number of amides is 1. The first kappa shape index (κ1) is 23.2. The smallest absolute Gasteiger partial charge is 0.271 e. The van der Waals surface area contributed by atoms with Crippen molar-refractivity contribution in [3.8, 4) is 5.75 Å². The highest BCUT2D eigenvalue weighted by molar-refractivity contribution is 7.99. The summed E-state index contributed by atoms with van der Waals surface area (Å²) in [5, 5.41) is 22.4. The molecule has 0 atom stereocenters. The van der Waals surface area contributed by atoms with Crippen LogP contribution >= 0.6 is 23.4 Å². The molecule has 2 aromatic carbocycles. The molecule has 0 bridgehead atoms. The van der Waals surface area contributed by atoms with Gasteiger partial charge in [-0.1, -0.05) is 29.4 Å². The van der Waals surface area contributed by atoms with Gasteiger partial charge in [0.1, 0.15) is 18.2 Å². The van der Waals surface area contributed by atoms with E-state index in [1.54, 1.807) is 34.9 Å². The maximum Gasteiger partial charge on any atom is 0.271 e. The van der Waals surface area contributed by atoms with E-state index in [2.05, 4.69) is 22.1 Å². The minimum Gasteiger partial charge on any atom is -0.486 e. The number of nitro groups is 1. The van der Waals surface area contributed by atoms with Gasteiger partial charge in [0.2, 0.25) is 5.91 Å². The molecular weight excluding hydrogens is 461 g/mol. The van der Waals surface area contributed by atoms with Gasteiger partial charge in [0.25, 0.3) is 5.69 Å². The average Bonchev–Trinajstić information content (AvgIpc) is 3.15. The standard InChI is InChI=1S/C20H17ClFN5O4S/c1-2-9-26-18(11-31-15-6-3-13(21)4-7-15)24-25-20(26)32-12-19(28)23-17-10-14(27(29)30)5-8-16(17)22/h2-8,10H,1,9,11-12H2,(H,23,28). The Morgan fingerprint density at radius 2 is 2.06 bits per heavy atom. The third-order valence-electron chi connectivity index (χ3n) is 4.05. The monoisotopic (exact) mass is 477 g/mol. The molecule has 0 unspecified atom stereocenters. The van der Waals surface area contributed by atoms with Crippen molar-refractivity contribution >= 4 is 40.6 Å². The van der Waals surface area contributed by atoms with Crippen molar-refractivity contribution in [2.45, 2.75) is 18.3 Å². The molecule has 0 saturated carbocycles. The van der Waals surface area contributed by atoms with Gasteiger partial charge in [0, 0.05) is 23.7 Å². The molecule has 0 fully saturated rings. The van der Waals surface area contributed by atoms with E-state index in [0.29, 0.717) is 28.3 Å². The second kappa shape index (κ2) is 10.7. The summed E-state index contributed by atoms with van der Waals surface area (Å²) in [6, 6.07) is 9.77. The quantitative estimate of drug-likeness (QED) is 0.198. The fourth-order valence-corrected chi connectivity index (χ4v) is 3.46. The Kier molecular flexibility index (Phi) is 7.79. The van der Waals surface area contributed by atoms with Crippen molar-refractivity contribution < 1.29 is 18.8 Å². The zero-order chi connectivity index (χ0) is 23.1. The number of carbonyl (C=O) groups is 1. The van der Waals surface area contributed by atoms with E-state index in [-0.39, 0.29) is 23.7 Å². The molecule has 0 aliphatic heterocycles. The van der Waals surface area contributed by atoms with E-state index in [0.717, 1.165) is 30.0 Å². The lowest BCUT2D eigenvalue weighted by Crippen LogP contribution is -2.16. The topological polar surface area (TPSA) is 112 Å². The Hall–Kier alpha value is -3.44. The number of carbonyl (C=O) groups excluding carboxylic acids is 1. The Morgan fingerprint density at radius 1 is 1.31 bits per heavy atom. The van der Waals surface area contributed by atoms with Crippen molar-refractivity contribution in [1.29, 1.82) is 0 Å². The first-order chi connectivity index (χ1) is 15.4. The molecule has 1 amide bonds. The van der Waals surface area contributed by atoms with Gasteiger partial charge in [0.05, 0.1) is 16.4 Å². The fourth-order valence-electron chi connectivity index (χ4n) is 2.56. The van der Waals surface area contributed by atoms with Crippen LogP contribution in [0.1, 0.15) is 5.82 Å². The van der Waals surface area contributed by atoms with Crippen LogP contribution in [0.2, 0.25) is 5.02 Å². The van der Waals surface area contributed by atoms with Gasteiger partial charge >= 0.3 is 0 Å². The number of aromatic nitrogens is 3. The number of hydrogen-bond donors (Lipinski definition) is 1. The summed E-state index contributed by atoms with van der Waals surface area (Å²) in [4.78, 5) is 22.4. The number of nitrogens with zero attached hydrogens (tertiary/aromatic N) is 4. The lowest BCUT2D eigenvalue weighted by molar-refractivity contribution is -0.384. The normalized spacial score (nSPS) is 10.6. The highest BCUT2D eigenvalue weighted by Crippen LogP contribution is 2.23. The first-order valence-electron chi connectivity index (χ1n) is 9.15. The molecule has 0 radical (unpaired) electrons. The van der Waals surface area contributed by atoms with Crippen molar-refractivity contribution in [1.82, 2.24) is 14.8 Å². The van der Waals surface area contributed by atoms with Crippen LogP contribution in [-0.4, -0.2) is 31.3 Å². The number of non-ortho nitro benzene ring substituents is 1. The lowest BCUT2D eigenvalue weighted by atomic mass is 10.2. The maximum absolute atomic E-state index is 13.9. The number of allylic oxidation sites excluding steroid dienone is 1. The summed E-state index contributed by atoms with van der Waals surface area (Å²) in [7, 11) is 0. The van der Waals surface area contributed by atoms with Gasteiger partial charge in [0.15, 0.2) is 11.0 Å². The predicted octanol–water partition coefficient (Wildman–Crippen LogP) is 4.47. The van der Waals surface area contributed by atoms with Crippen LogP contribution in [0.5, 0.6) is 5.75 Å². The number of rotatable bonds is 10. The fraction of sp³-hybridized carbons (Fsp3) is 0.150. The molecule has 1 N–H and O–H groups in total. The third kappa shape index (κ3) is 6.05. The number of halogens is 2. The molecule has 1 aromatic heterocycles. The number of hydrogen-bond acceptors (Lipinski definition) is 7. The SMILES string of the molecule is C=CCn1c(COc2ccc(Cl)cc2)nnc1SCC(=O)Nc1cc([N+](=O)[O-])ccc1F. The van der Waals surface area contributed by atoms with Crippen LogP contribution < -0.4 is 10.1 Å². The van der Waals surface area contributed by atoms with E-state index in [1.165, 1.54) is 0 Å². The zero-order valence-corrected chi connectivity index (χ0v) is 18.1. The molecule has 166 valence electrons. The Bertz CT molecular complexity index is 1140. The van der Waals surface area contributed by atoms with Crippen LogP contribution in [0.25, 0.3) is 0 Å². The van der Waals surface area contributed by atoms with E-state index in [4.69, 9.17) is 16.3 Å². The number of benzene rings is 2. The first-order valence-corrected chi connectivity index (χ1v) is 10.5. The molecule has 1 heterocycles. The van der Waals surface area contributed by atoms with Crippen LogP contribution in [0, 0.1) is 15.9 Å². The molecule has 32 heavy (non-hydrogen) atoms. The van der Waals surface area contributed by atoms with Crippen molar-refractivity contribution in [3.05, 3.63) is 81.9 Å². The number of ether oxygens (including phenoxy) is 1. The molecular formula is C20H17ClFN5O4S. The van der Waals surface area contributed by atoms with Gasteiger partial charge in [-0.3, -0.25) is 19.5 Å². The average molecular weight is 478 g/mol. The highest BCUT2D eigenvalue weighted by atomic mass is 35.5. The summed E-state index contributed by atoms with van der Waals surface area (Å²) in [5.41, 5.74) is -0.597. The van der Waals surface area contributed by atoms with E-state index in [9.17, 15) is 19.3 Å². The zero-order valence-electron chi connectivity index (χ0n) is 16.5. The van der Waals surface area contributed by atoms with E-state index < -0.39 is 16.6 Å². The van der Waals surface area contributed by atoms with Crippen LogP contribution in [0.4, 0.5) is 15.8 Å². The highest BCUT2D eigenvalue weighted by Gasteiger charge is 2.16. The second-order valence-electron chi connectivity index (χ2n) is 6.30. The molecule has 0 saturated heterocycles. The van der Waals surface area contributed by atoms with Crippen molar-refractivity contribution in [2.75, 3.05) is 11.1 Å². The molecule has 0 spiro atoms. The number of nitro benzene ring substituents is 1. The molecule has 0 aliphatic rings. The van der Waals surface area contributed by atoms with Crippen LogP contribution in [-0.2, 0) is 17.9 Å². The number of thioether (sulfide) groups is 1. The molecule has 9 nitrogen and oxygen atoms in total. The Morgan fingerprint density at radius 3 is 2.75 bits per heavy atom. The largest absolute Gasteiger partial charge is 0.486 e. The maximum atomic E-state index is 13.9. The van der Waals surface area contributed by atoms with Gasteiger partial charge in [-0.25, -0.2) is 4.39 Å². The van der Waals surface area contributed by atoms with Crippen LogP contribution in [0.3, 0.4) is 0 Å². The summed E-state index contributed by atoms with van der Waals surface area (Å²) >= 11 is 6.94. The second-order valence-corrected chi connectivity index (χ2v) is 7.68. The summed E-state index contributed by atoms with van der Waals surface area (Å²) in [6.07, 6.45) is 1.65. The molecule has 12 heteroatoms. The van der Waals surface area contributed by atoms with Gasteiger partial charge < -0.3 is 10.1 Å². The minimum absolute atomic E-state index is 0.116. The number of nitrogens with one attached hydrogen (secondary N) is 1. The summed E-state index contributed by atoms with van der Waals surface area (Å²) < 4.78 is 21.3. The Labute approximate surface area is 191 Å². The van der Waals surface area contributed by atoms with Gasteiger partial charge in [-0.05, 0) is 30.3 Å². The number of anilines is 1. The molecule has 3 aromatic rings. The van der Waals surface area contributed by atoms with Gasteiger partial charge in [-0.2, -0.15) is 0 Å². The van der Waals surface area contributed by atoms with Crippen molar-refractivity contribution in [2.24, 2.45) is 0 Å². The predicted molar refractivity (Wildman–Crippen MR) is 118 cm³/mol. The van der Waals surface area contributed by atoms with Gasteiger partial charge in [-0.15, -0.1) is 16.8 Å². The summed E-state index contributed by atoms with van der Waals surface area (Å²) in [6.45, 7) is 4.23. The third-order valence-corrected chi connectivity index (χ3v) is 5.27. The van der Waals surface area contributed by atoms with Crippen LogP contribution in [0.15, 0.2) is 60.3 Å². The van der Waals surface area contributed by atoms with E-state index in [1.807, 2.05) is 0 Å². The molecule has 3 rings (SSSR count). The lowest BCUT2D eigenvalue weighted by Gasteiger charge is -2.09. The minimum atomic E-state index is -0.773. The Balaban J connectivity index is 1.63. The molecule has 0 aliphatic carbocycles.